The Bertz CT molecular complexity index is 1070. The van der Waals surface area contributed by atoms with E-state index in [1.54, 1.807) is 0 Å². The summed E-state index contributed by atoms with van der Waals surface area (Å²) in [6, 6.07) is 10.3. The molecule has 2 aromatic carbocycles. The normalized spacial score (nSPS) is 18.5. The molecule has 0 bridgehead atoms. The summed E-state index contributed by atoms with van der Waals surface area (Å²) in [5.41, 5.74) is 1.18. The van der Waals surface area contributed by atoms with E-state index >= 15 is 0 Å². The third kappa shape index (κ3) is 9.24. The molecular formula is C26H40N2O6S2. The molecule has 0 atom stereocenters. The molecule has 0 unspecified atom stereocenters. The fourth-order valence-electron chi connectivity index (χ4n) is 4.46. The second-order valence-electron chi connectivity index (χ2n) is 10.1. The summed E-state index contributed by atoms with van der Waals surface area (Å²) in [7, 11) is -4.29. The van der Waals surface area contributed by atoms with Gasteiger partial charge < -0.3 is 18.1 Å². The van der Waals surface area contributed by atoms with Gasteiger partial charge in [0.15, 0.2) is 0 Å². The number of nitrogens with zero attached hydrogens (tertiary/aromatic N) is 2. The van der Waals surface area contributed by atoms with E-state index in [4.69, 9.17) is 0 Å². The third-order valence-corrected chi connectivity index (χ3v) is 9.14. The first-order valence-corrected chi connectivity index (χ1v) is 15.3. The summed E-state index contributed by atoms with van der Waals surface area (Å²) in [4.78, 5) is -0.694. The number of benzene rings is 2. The first-order valence-electron chi connectivity index (χ1n) is 12.5. The van der Waals surface area contributed by atoms with Crippen molar-refractivity contribution in [1.29, 1.82) is 0 Å². The molecule has 2 aliphatic heterocycles. The second kappa shape index (κ2) is 12.6. The van der Waals surface area contributed by atoms with Crippen LogP contribution in [0, 0.1) is 0 Å². The average Bonchev–Trinajstić information content (AvgIpc) is 3.48. The van der Waals surface area contributed by atoms with Gasteiger partial charge >= 0.3 is 0 Å². The van der Waals surface area contributed by atoms with Gasteiger partial charge in [-0.25, -0.2) is 16.8 Å². The lowest BCUT2D eigenvalue weighted by Crippen LogP contribution is -2.40. The van der Waals surface area contributed by atoms with E-state index in [1.165, 1.54) is 98.2 Å². The monoisotopic (exact) mass is 540 g/mol. The lowest BCUT2D eigenvalue weighted by molar-refractivity contribution is -0.895. The van der Waals surface area contributed by atoms with Crippen molar-refractivity contribution < 1.29 is 34.9 Å². The molecule has 2 aliphatic rings. The van der Waals surface area contributed by atoms with Crippen LogP contribution in [-0.4, -0.2) is 88.3 Å². The SMILES string of the molecule is CC[N+]1(C)CCCC1.CC[N+]1(C)CCCC1.O=S(=O)([O-])c1ccc(-c2ccc(S(=O)(=O)[O-])cc2)cc1. The Hall–Kier alpha value is -1.82. The summed E-state index contributed by atoms with van der Waals surface area (Å²) in [5.74, 6) is 0. The fourth-order valence-corrected chi connectivity index (χ4v) is 5.40. The summed E-state index contributed by atoms with van der Waals surface area (Å²) < 4.78 is 67.3. The van der Waals surface area contributed by atoms with Gasteiger partial charge in [0.1, 0.15) is 20.2 Å². The Morgan fingerprint density at radius 3 is 1.00 bits per heavy atom. The van der Waals surface area contributed by atoms with Crippen LogP contribution < -0.4 is 0 Å². The molecule has 10 heteroatoms. The summed E-state index contributed by atoms with van der Waals surface area (Å²) in [6.07, 6.45) is 5.80. The Labute approximate surface area is 217 Å². The van der Waals surface area contributed by atoms with Gasteiger partial charge in [0.2, 0.25) is 0 Å². The minimum atomic E-state index is -4.50. The van der Waals surface area contributed by atoms with E-state index in [9.17, 15) is 25.9 Å². The molecule has 8 nitrogen and oxygen atoms in total. The largest absolute Gasteiger partial charge is 0.744 e. The predicted molar refractivity (Wildman–Crippen MR) is 139 cm³/mol. The molecular weight excluding hydrogens is 500 g/mol. The van der Waals surface area contributed by atoms with E-state index < -0.39 is 20.2 Å². The molecule has 2 saturated heterocycles. The highest BCUT2D eigenvalue weighted by Crippen LogP contribution is 2.23. The number of quaternary nitrogens is 2. The predicted octanol–water partition coefficient (Wildman–Crippen LogP) is 3.66. The van der Waals surface area contributed by atoms with Crippen LogP contribution in [0.3, 0.4) is 0 Å². The topological polar surface area (TPSA) is 114 Å². The first-order chi connectivity index (χ1) is 16.7. The van der Waals surface area contributed by atoms with E-state index in [2.05, 4.69) is 27.9 Å². The zero-order chi connectivity index (χ0) is 27.0. The minimum Gasteiger partial charge on any atom is -0.744 e. The van der Waals surface area contributed by atoms with Crippen molar-refractivity contribution in [3.8, 4) is 11.1 Å². The molecule has 0 N–H and O–H groups in total. The maximum absolute atomic E-state index is 10.8. The summed E-state index contributed by atoms with van der Waals surface area (Å²) in [6.45, 7) is 12.9. The smallest absolute Gasteiger partial charge is 0.124 e. The van der Waals surface area contributed by atoms with E-state index in [-0.39, 0.29) is 9.79 Å². The zero-order valence-corrected chi connectivity index (χ0v) is 23.5. The maximum atomic E-state index is 10.8. The molecule has 202 valence electrons. The third-order valence-electron chi connectivity index (χ3n) is 7.44. The van der Waals surface area contributed by atoms with Crippen LogP contribution in [0.1, 0.15) is 39.5 Å². The Morgan fingerprint density at radius 1 is 0.583 bits per heavy atom. The van der Waals surface area contributed by atoms with E-state index in [0.29, 0.717) is 11.1 Å². The van der Waals surface area contributed by atoms with Crippen LogP contribution in [0.15, 0.2) is 58.3 Å². The maximum Gasteiger partial charge on any atom is 0.124 e. The zero-order valence-electron chi connectivity index (χ0n) is 21.9. The van der Waals surface area contributed by atoms with Crippen LogP contribution in [0.2, 0.25) is 0 Å². The Morgan fingerprint density at radius 2 is 0.833 bits per heavy atom. The number of hydrogen-bond acceptors (Lipinski definition) is 6. The standard InChI is InChI=1S/C12H10O6S2.2C7H16N/c13-19(14,15)11-5-1-9(2-6-11)10-3-7-12(8-4-10)20(16,17)18;2*1-3-8(2)6-4-5-7-8/h1-8H,(H,13,14,15)(H,16,17,18);2*3-7H2,1-2H3/q;2*+1/p-2. The summed E-state index contributed by atoms with van der Waals surface area (Å²) in [5, 5.41) is 0. The van der Waals surface area contributed by atoms with Gasteiger partial charge in [-0.3, -0.25) is 0 Å². The van der Waals surface area contributed by atoms with Gasteiger partial charge in [0.25, 0.3) is 0 Å². The van der Waals surface area contributed by atoms with Gasteiger partial charge in [-0.05, 0) is 49.2 Å². The second-order valence-corrected chi connectivity index (χ2v) is 12.9. The van der Waals surface area contributed by atoms with Gasteiger partial charge in [-0.15, -0.1) is 0 Å². The molecule has 0 spiro atoms. The molecule has 2 fully saturated rings. The van der Waals surface area contributed by atoms with Gasteiger partial charge in [0.05, 0.1) is 63.2 Å². The van der Waals surface area contributed by atoms with Crippen molar-refractivity contribution in [2.75, 3.05) is 53.4 Å². The molecule has 0 amide bonds. The van der Waals surface area contributed by atoms with Gasteiger partial charge in [-0.2, -0.15) is 0 Å². The average molecular weight is 541 g/mol. The van der Waals surface area contributed by atoms with Crippen molar-refractivity contribution >= 4 is 20.2 Å². The van der Waals surface area contributed by atoms with Gasteiger partial charge in [0, 0.05) is 25.7 Å². The van der Waals surface area contributed by atoms with Crippen molar-refractivity contribution in [3.63, 3.8) is 0 Å². The highest BCUT2D eigenvalue weighted by molar-refractivity contribution is 7.86. The lowest BCUT2D eigenvalue weighted by atomic mass is 10.1. The van der Waals surface area contributed by atoms with Crippen LogP contribution in [0.4, 0.5) is 0 Å². The van der Waals surface area contributed by atoms with Crippen molar-refractivity contribution in [1.82, 2.24) is 0 Å². The number of rotatable bonds is 5. The molecule has 4 rings (SSSR count). The van der Waals surface area contributed by atoms with Crippen molar-refractivity contribution in [2.45, 2.75) is 49.3 Å². The highest BCUT2D eigenvalue weighted by Gasteiger charge is 2.24. The first kappa shape index (κ1) is 30.4. The molecule has 2 aromatic rings. The molecule has 2 heterocycles. The molecule has 0 aromatic heterocycles. The van der Waals surface area contributed by atoms with Crippen LogP contribution in [0.25, 0.3) is 11.1 Å². The molecule has 36 heavy (non-hydrogen) atoms. The summed E-state index contributed by atoms with van der Waals surface area (Å²) >= 11 is 0. The Balaban J connectivity index is 0.000000232. The highest BCUT2D eigenvalue weighted by atomic mass is 32.2. The number of likely N-dealkylation sites (tertiary alicyclic amines) is 2. The Kier molecular flexibility index (Phi) is 10.7. The molecule has 0 saturated carbocycles. The van der Waals surface area contributed by atoms with Crippen molar-refractivity contribution in [2.24, 2.45) is 0 Å². The molecule has 0 aliphatic carbocycles. The van der Waals surface area contributed by atoms with Crippen LogP contribution >= 0.6 is 0 Å². The van der Waals surface area contributed by atoms with Gasteiger partial charge in [-0.1, -0.05) is 24.3 Å². The number of hydrogen-bond donors (Lipinski definition) is 0. The van der Waals surface area contributed by atoms with E-state index in [0.717, 1.165) is 24.3 Å². The molecule has 0 radical (unpaired) electrons. The van der Waals surface area contributed by atoms with Crippen LogP contribution in [-0.2, 0) is 20.2 Å². The van der Waals surface area contributed by atoms with E-state index in [1.807, 2.05) is 0 Å². The fraction of sp³-hybridized carbons (Fsp3) is 0.538. The van der Waals surface area contributed by atoms with Crippen molar-refractivity contribution in [3.05, 3.63) is 48.5 Å². The quantitative estimate of drug-likeness (QED) is 0.422. The lowest BCUT2D eigenvalue weighted by Gasteiger charge is -2.26. The van der Waals surface area contributed by atoms with Crippen LogP contribution in [0.5, 0.6) is 0 Å². The minimum absolute atomic E-state index is 0.347.